The molecule has 2 rings (SSSR count). The fourth-order valence-corrected chi connectivity index (χ4v) is 2.17. The van der Waals surface area contributed by atoms with Crippen LogP contribution in [0.15, 0.2) is 39.2 Å². The highest BCUT2D eigenvalue weighted by atomic mass is 79.9. The van der Waals surface area contributed by atoms with Crippen LogP contribution in [0.1, 0.15) is 17.1 Å². The third-order valence-corrected chi connectivity index (χ3v) is 3.07. The van der Waals surface area contributed by atoms with E-state index in [1.165, 1.54) is 0 Å². The average Bonchev–Trinajstić information content (AvgIpc) is 2.76. The molecule has 0 radical (unpaired) electrons. The number of rotatable bonds is 5. The molecule has 1 N–H and O–H groups in total. The normalized spacial score (nSPS) is 10.6. The Balaban J connectivity index is 1.97. The molecule has 18 heavy (non-hydrogen) atoms. The summed E-state index contributed by atoms with van der Waals surface area (Å²) in [6, 6.07) is 9.86. The van der Waals surface area contributed by atoms with Gasteiger partial charge in [0.05, 0.1) is 6.54 Å². The molecule has 0 fully saturated rings. The van der Waals surface area contributed by atoms with Crippen LogP contribution in [-0.2, 0) is 13.2 Å². The molecule has 96 valence electrons. The van der Waals surface area contributed by atoms with Crippen molar-refractivity contribution in [1.29, 1.82) is 0 Å². The van der Waals surface area contributed by atoms with Gasteiger partial charge in [0.15, 0.2) is 0 Å². The van der Waals surface area contributed by atoms with E-state index in [9.17, 15) is 0 Å². The lowest BCUT2D eigenvalue weighted by Gasteiger charge is -2.07. The Morgan fingerprint density at radius 2 is 2.00 bits per heavy atom. The van der Waals surface area contributed by atoms with Gasteiger partial charge in [-0.2, -0.15) is 0 Å². The first-order valence-corrected chi connectivity index (χ1v) is 6.59. The highest BCUT2D eigenvalue weighted by molar-refractivity contribution is 9.10. The van der Waals surface area contributed by atoms with Crippen molar-refractivity contribution in [1.82, 2.24) is 5.32 Å². The molecule has 0 aliphatic heterocycles. The lowest BCUT2D eigenvalue weighted by molar-refractivity contribution is 0.264. The molecule has 1 aromatic heterocycles. The number of nitrogens with one attached hydrogen (secondary N) is 1. The van der Waals surface area contributed by atoms with Crippen LogP contribution in [0.25, 0.3) is 0 Å². The lowest BCUT2D eigenvalue weighted by atomic mass is 10.2. The van der Waals surface area contributed by atoms with Crippen molar-refractivity contribution < 1.29 is 9.15 Å². The van der Waals surface area contributed by atoms with Crippen LogP contribution < -0.4 is 10.1 Å². The Kier molecular flexibility index (Phi) is 4.44. The molecule has 0 saturated heterocycles. The molecular weight excluding hydrogens is 294 g/mol. The third-order valence-electron chi connectivity index (χ3n) is 2.58. The molecule has 0 bridgehead atoms. The van der Waals surface area contributed by atoms with Gasteiger partial charge in [0, 0.05) is 4.47 Å². The number of halogens is 1. The van der Waals surface area contributed by atoms with E-state index in [1.807, 2.05) is 44.3 Å². The van der Waals surface area contributed by atoms with Crippen molar-refractivity contribution in [2.24, 2.45) is 0 Å². The molecule has 0 unspecified atom stereocenters. The van der Waals surface area contributed by atoms with Crippen LogP contribution in [0.3, 0.4) is 0 Å². The molecule has 0 saturated carbocycles. The summed E-state index contributed by atoms with van der Waals surface area (Å²) >= 11 is 3.43. The maximum Gasteiger partial charge on any atom is 0.146 e. The van der Waals surface area contributed by atoms with E-state index in [0.717, 1.165) is 33.9 Å². The highest BCUT2D eigenvalue weighted by Crippen LogP contribution is 2.23. The van der Waals surface area contributed by atoms with E-state index in [2.05, 4.69) is 21.2 Å². The summed E-state index contributed by atoms with van der Waals surface area (Å²) in [5, 5.41) is 3.05. The van der Waals surface area contributed by atoms with Gasteiger partial charge in [0.25, 0.3) is 0 Å². The van der Waals surface area contributed by atoms with Crippen molar-refractivity contribution in [2.45, 2.75) is 20.1 Å². The maximum atomic E-state index is 5.73. The van der Waals surface area contributed by atoms with Gasteiger partial charge in [-0.15, -0.1) is 0 Å². The molecule has 0 aliphatic carbocycles. The zero-order valence-electron chi connectivity index (χ0n) is 10.5. The summed E-state index contributed by atoms with van der Waals surface area (Å²) in [7, 11) is 1.89. The standard InChI is InChI=1S/C14H16BrNO2/c1-10-7-11(15)3-6-14(10)17-9-13-5-4-12(18-13)8-16-2/h3-7,16H,8-9H2,1-2H3. The first-order chi connectivity index (χ1) is 8.69. The predicted octanol–water partition coefficient (Wildman–Crippen LogP) is 3.65. The van der Waals surface area contributed by atoms with Crippen molar-refractivity contribution in [3.05, 3.63) is 51.9 Å². The van der Waals surface area contributed by atoms with Crippen LogP contribution in [0, 0.1) is 6.92 Å². The summed E-state index contributed by atoms with van der Waals surface area (Å²) in [5.74, 6) is 2.64. The first kappa shape index (κ1) is 13.2. The predicted molar refractivity (Wildman–Crippen MR) is 74.7 cm³/mol. The number of hydrogen-bond donors (Lipinski definition) is 1. The fraction of sp³-hybridized carbons (Fsp3) is 0.286. The number of hydrogen-bond acceptors (Lipinski definition) is 3. The van der Waals surface area contributed by atoms with Gasteiger partial charge < -0.3 is 14.5 Å². The van der Waals surface area contributed by atoms with Gasteiger partial charge in [-0.05, 0) is 49.9 Å². The van der Waals surface area contributed by atoms with E-state index >= 15 is 0 Å². The smallest absolute Gasteiger partial charge is 0.146 e. The van der Waals surface area contributed by atoms with Gasteiger partial charge in [0.1, 0.15) is 23.9 Å². The SMILES string of the molecule is CNCc1ccc(COc2ccc(Br)cc2C)o1. The molecule has 1 heterocycles. The Labute approximate surface area is 115 Å². The zero-order chi connectivity index (χ0) is 13.0. The Bertz CT molecular complexity index is 522. The van der Waals surface area contributed by atoms with Gasteiger partial charge in [-0.3, -0.25) is 0 Å². The van der Waals surface area contributed by atoms with Crippen LogP contribution in [0.2, 0.25) is 0 Å². The van der Waals surface area contributed by atoms with Gasteiger partial charge in [0.2, 0.25) is 0 Å². The molecule has 4 heteroatoms. The minimum Gasteiger partial charge on any atom is -0.485 e. The monoisotopic (exact) mass is 309 g/mol. The van der Waals surface area contributed by atoms with Crippen molar-refractivity contribution in [2.75, 3.05) is 7.05 Å². The lowest BCUT2D eigenvalue weighted by Crippen LogP contribution is -2.03. The molecular formula is C14H16BrNO2. The largest absolute Gasteiger partial charge is 0.485 e. The molecule has 0 aliphatic rings. The minimum atomic E-state index is 0.451. The van der Waals surface area contributed by atoms with E-state index in [-0.39, 0.29) is 0 Å². The zero-order valence-corrected chi connectivity index (χ0v) is 12.1. The van der Waals surface area contributed by atoms with E-state index < -0.39 is 0 Å². The number of furan rings is 1. The molecule has 0 amide bonds. The summed E-state index contributed by atoms with van der Waals surface area (Å²) in [5.41, 5.74) is 1.10. The minimum absolute atomic E-state index is 0.451. The highest BCUT2D eigenvalue weighted by Gasteiger charge is 2.04. The van der Waals surface area contributed by atoms with E-state index in [1.54, 1.807) is 0 Å². The quantitative estimate of drug-likeness (QED) is 0.915. The van der Waals surface area contributed by atoms with Crippen LogP contribution in [-0.4, -0.2) is 7.05 Å². The van der Waals surface area contributed by atoms with Crippen LogP contribution in [0.4, 0.5) is 0 Å². The van der Waals surface area contributed by atoms with Crippen molar-refractivity contribution >= 4 is 15.9 Å². The van der Waals surface area contributed by atoms with Crippen molar-refractivity contribution in [3.63, 3.8) is 0 Å². The third kappa shape index (κ3) is 3.37. The summed E-state index contributed by atoms with van der Waals surface area (Å²) in [4.78, 5) is 0. The van der Waals surface area contributed by atoms with Crippen molar-refractivity contribution in [3.8, 4) is 5.75 Å². The number of ether oxygens (including phenoxy) is 1. The second kappa shape index (κ2) is 6.07. The topological polar surface area (TPSA) is 34.4 Å². The Morgan fingerprint density at radius 1 is 1.22 bits per heavy atom. The van der Waals surface area contributed by atoms with E-state index in [0.29, 0.717) is 6.61 Å². The van der Waals surface area contributed by atoms with Gasteiger partial charge in [-0.25, -0.2) is 0 Å². The molecule has 0 spiro atoms. The van der Waals surface area contributed by atoms with Gasteiger partial charge >= 0.3 is 0 Å². The van der Waals surface area contributed by atoms with Crippen LogP contribution in [0.5, 0.6) is 5.75 Å². The number of aryl methyl sites for hydroxylation is 1. The van der Waals surface area contributed by atoms with E-state index in [4.69, 9.17) is 9.15 Å². The molecule has 1 aromatic carbocycles. The summed E-state index contributed by atoms with van der Waals surface area (Å²) in [6.07, 6.45) is 0. The Morgan fingerprint density at radius 3 is 2.72 bits per heavy atom. The molecule has 3 nitrogen and oxygen atoms in total. The first-order valence-electron chi connectivity index (χ1n) is 5.80. The van der Waals surface area contributed by atoms with Crippen LogP contribution >= 0.6 is 15.9 Å². The Hall–Kier alpha value is -1.26. The summed E-state index contributed by atoms with van der Waals surface area (Å²) in [6.45, 7) is 3.21. The second-order valence-electron chi connectivity index (χ2n) is 4.10. The fourth-order valence-electron chi connectivity index (χ4n) is 1.69. The second-order valence-corrected chi connectivity index (χ2v) is 5.01. The number of benzene rings is 1. The van der Waals surface area contributed by atoms with Gasteiger partial charge in [-0.1, -0.05) is 15.9 Å². The molecule has 2 aromatic rings. The maximum absolute atomic E-state index is 5.73. The molecule has 0 atom stereocenters. The summed E-state index contributed by atoms with van der Waals surface area (Å²) < 4.78 is 12.4. The average molecular weight is 310 g/mol.